The molecule has 0 heterocycles. The Kier molecular flexibility index (Phi) is 7.53. The van der Waals surface area contributed by atoms with Crippen molar-refractivity contribution in [3.63, 3.8) is 0 Å². The van der Waals surface area contributed by atoms with E-state index < -0.39 is 0 Å². The van der Waals surface area contributed by atoms with Crippen LogP contribution in [0.1, 0.15) is 16.7 Å². The zero-order chi connectivity index (χ0) is 18.9. The van der Waals surface area contributed by atoms with Gasteiger partial charge in [-0.15, -0.1) is 0 Å². The molecule has 0 saturated heterocycles. The smallest absolute Gasteiger partial charge is 0.166 e. The van der Waals surface area contributed by atoms with E-state index in [9.17, 15) is 0 Å². The van der Waals surface area contributed by atoms with Gasteiger partial charge in [0.2, 0.25) is 0 Å². The minimum absolute atomic E-state index is 0.606. The molecule has 5 nitrogen and oxygen atoms in total. The lowest BCUT2D eigenvalue weighted by molar-refractivity contribution is 0.398. The summed E-state index contributed by atoms with van der Waals surface area (Å²) in [5, 5.41) is 7.04. The molecule has 140 valence electrons. The molecule has 0 radical (unpaired) electrons. The summed E-state index contributed by atoms with van der Waals surface area (Å²) in [5.41, 5.74) is 3.30. The van der Waals surface area contributed by atoms with Gasteiger partial charge in [-0.3, -0.25) is 0 Å². The van der Waals surface area contributed by atoms with Crippen LogP contribution in [0.25, 0.3) is 0 Å². The molecule has 0 aliphatic heterocycles. The molecule has 0 aliphatic rings. The van der Waals surface area contributed by atoms with E-state index in [1.54, 1.807) is 21.3 Å². The lowest BCUT2D eigenvalue weighted by Gasteiger charge is -2.14. The highest BCUT2D eigenvalue weighted by molar-refractivity contribution is 7.80. The topological polar surface area (TPSA) is 51.8 Å². The Morgan fingerprint density at radius 1 is 0.885 bits per heavy atom. The molecule has 0 amide bonds. The first kappa shape index (κ1) is 19.8. The fraction of sp³-hybridized carbons (Fsp3) is 0.350. The van der Waals surface area contributed by atoms with E-state index in [-0.39, 0.29) is 0 Å². The molecule has 0 aliphatic carbocycles. The Balaban J connectivity index is 1.84. The highest BCUT2D eigenvalue weighted by atomic mass is 32.1. The van der Waals surface area contributed by atoms with Crippen molar-refractivity contribution in [2.24, 2.45) is 0 Å². The summed E-state index contributed by atoms with van der Waals surface area (Å²) < 4.78 is 16.1. The normalized spacial score (nSPS) is 10.2. The number of rotatable bonds is 8. The second-order valence-corrected chi connectivity index (χ2v) is 6.26. The van der Waals surface area contributed by atoms with Crippen LogP contribution in [-0.2, 0) is 13.0 Å². The molecular weight excluding hydrogens is 348 g/mol. The summed E-state index contributed by atoms with van der Waals surface area (Å²) in [6, 6.07) is 11.9. The third-order valence-electron chi connectivity index (χ3n) is 4.05. The molecule has 6 heteroatoms. The van der Waals surface area contributed by atoms with E-state index in [4.69, 9.17) is 26.4 Å². The standard InChI is InChI=1S/C20H26N2O3S/c1-14-5-6-16(19(11-14)25-4)13-22-20(26)21-10-9-15-12-17(23-2)7-8-18(15)24-3/h5-8,11-12H,9-10,13H2,1-4H3,(H2,21,22,26). The quantitative estimate of drug-likeness (QED) is 0.692. The maximum absolute atomic E-state index is 5.42. The van der Waals surface area contributed by atoms with Gasteiger partial charge in [-0.05, 0) is 61.0 Å². The van der Waals surface area contributed by atoms with Crippen molar-refractivity contribution in [2.75, 3.05) is 27.9 Å². The summed E-state index contributed by atoms with van der Waals surface area (Å²) in [5.74, 6) is 2.52. The SMILES string of the molecule is COc1ccc(OC)c(CCNC(=S)NCc2ccc(C)cc2OC)c1. The summed E-state index contributed by atoms with van der Waals surface area (Å²) >= 11 is 5.36. The average molecular weight is 375 g/mol. The largest absolute Gasteiger partial charge is 0.497 e. The number of hydrogen-bond donors (Lipinski definition) is 2. The third kappa shape index (κ3) is 5.52. The Morgan fingerprint density at radius 2 is 1.65 bits per heavy atom. The number of aryl methyl sites for hydroxylation is 1. The zero-order valence-corrected chi connectivity index (χ0v) is 16.5. The lowest BCUT2D eigenvalue weighted by atomic mass is 10.1. The van der Waals surface area contributed by atoms with Crippen molar-refractivity contribution in [2.45, 2.75) is 19.9 Å². The van der Waals surface area contributed by atoms with Crippen LogP contribution in [0.5, 0.6) is 17.2 Å². The summed E-state index contributed by atoms with van der Waals surface area (Å²) in [4.78, 5) is 0. The van der Waals surface area contributed by atoms with Crippen LogP contribution in [0.2, 0.25) is 0 Å². The van der Waals surface area contributed by atoms with Crippen molar-refractivity contribution in [3.05, 3.63) is 53.1 Å². The Labute approximate surface area is 160 Å². The summed E-state index contributed by atoms with van der Waals surface area (Å²) in [6.45, 7) is 3.34. The Morgan fingerprint density at radius 3 is 2.35 bits per heavy atom. The average Bonchev–Trinajstić information content (AvgIpc) is 2.66. The molecule has 0 saturated carbocycles. The van der Waals surface area contributed by atoms with Gasteiger partial charge in [0.1, 0.15) is 17.2 Å². The van der Waals surface area contributed by atoms with Crippen LogP contribution in [0.3, 0.4) is 0 Å². The zero-order valence-electron chi connectivity index (χ0n) is 15.7. The van der Waals surface area contributed by atoms with Gasteiger partial charge >= 0.3 is 0 Å². The molecule has 2 aromatic rings. The second kappa shape index (κ2) is 9.87. The van der Waals surface area contributed by atoms with E-state index in [2.05, 4.69) is 16.7 Å². The molecule has 0 aromatic heterocycles. The fourth-order valence-corrected chi connectivity index (χ4v) is 2.80. The summed E-state index contributed by atoms with van der Waals surface area (Å²) in [6.07, 6.45) is 0.774. The van der Waals surface area contributed by atoms with E-state index in [1.165, 1.54) is 5.56 Å². The van der Waals surface area contributed by atoms with E-state index in [0.29, 0.717) is 18.2 Å². The van der Waals surface area contributed by atoms with Gasteiger partial charge in [0.25, 0.3) is 0 Å². The van der Waals surface area contributed by atoms with Crippen molar-refractivity contribution in [3.8, 4) is 17.2 Å². The maximum Gasteiger partial charge on any atom is 0.166 e. The Bertz CT molecular complexity index is 750. The molecule has 0 unspecified atom stereocenters. The molecule has 0 bridgehead atoms. The molecule has 2 aromatic carbocycles. The molecule has 0 atom stereocenters. The molecule has 0 fully saturated rings. The van der Waals surface area contributed by atoms with Crippen LogP contribution < -0.4 is 24.8 Å². The molecule has 26 heavy (non-hydrogen) atoms. The van der Waals surface area contributed by atoms with Crippen LogP contribution in [0, 0.1) is 6.92 Å². The predicted molar refractivity (Wildman–Crippen MR) is 108 cm³/mol. The molecule has 2 N–H and O–H groups in total. The number of nitrogens with one attached hydrogen (secondary N) is 2. The van der Waals surface area contributed by atoms with Crippen molar-refractivity contribution in [1.29, 1.82) is 0 Å². The van der Waals surface area contributed by atoms with Gasteiger partial charge in [-0.2, -0.15) is 0 Å². The highest BCUT2D eigenvalue weighted by Crippen LogP contribution is 2.24. The van der Waals surface area contributed by atoms with Gasteiger partial charge in [0, 0.05) is 18.7 Å². The number of benzene rings is 2. The number of methoxy groups -OCH3 is 3. The lowest BCUT2D eigenvalue weighted by Crippen LogP contribution is -2.36. The van der Waals surface area contributed by atoms with Crippen molar-refractivity contribution < 1.29 is 14.2 Å². The van der Waals surface area contributed by atoms with E-state index in [0.717, 1.165) is 34.8 Å². The van der Waals surface area contributed by atoms with Crippen molar-refractivity contribution >= 4 is 17.3 Å². The van der Waals surface area contributed by atoms with Gasteiger partial charge in [0.15, 0.2) is 5.11 Å². The van der Waals surface area contributed by atoms with Crippen molar-refractivity contribution in [1.82, 2.24) is 10.6 Å². The Hall–Kier alpha value is -2.47. The van der Waals surface area contributed by atoms with Gasteiger partial charge < -0.3 is 24.8 Å². The highest BCUT2D eigenvalue weighted by Gasteiger charge is 2.07. The predicted octanol–water partition coefficient (Wildman–Crippen LogP) is 3.23. The summed E-state index contributed by atoms with van der Waals surface area (Å²) in [7, 11) is 5.00. The first-order chi connectivity index (χ1) is 12.6. The number of ether oxygens (including phenoxy) is 3. The minimum atomic E-state index is 0.606. The van der Waals surface area contributed by atoms with E-state index >= 15 is 0 Å². The molecular formula is C20H26N2O3S. The third-order valence-corrected chi connectivity index (χ3v) is 4.34. The first-order valence-corrected chi connectivity index (χ1v) is 8.84. The van der Waals surface area contributed by atoms with Gasteiger partial charge in [-0.1, -0.05) is 12.1 Å². The molecule has 0 spiro atoms. The molecule has 2 rings (SSSR count). The second-order valence-electron chi connectivity index (χ2n) is 5.85. The minimum Gasteiger partial charge on any atom is -0.497 e. The van der Waals surface area contributed by atoms with Crippen LogP contribution in [0.15, 0.2) is 36.4 Å². The number of thiocarbonyl (C=S) groups is 1. The monoisotopic (exact) mass is 374 g/mol. The first-order valence-electron chi connectivity index (χ1n) is 8.43. The van der Waals surface area contributed by atoms with Gasteiger partial charge in [0.05, 0.1) is 21.3 Å². The van der Waals surface area contributed by atoms with Crippen LogP contribution in [-0.4, -0.2) is 33.0 Å². The van der Waals surface area contributed by atoms with Gasteiger partial charge in [-0.25, -0.2) is 0 Å². The van der Waals surface area contributed by atoms with E-state index in [1.807, 2.05) is 37.3 Å². The fourth-order valence-electron chi connectivity index (χ4n) is 2.62. The van der Waals surface area contributed by atoms with Crippen LogP contribution in [0.4, 0.5) is 0 Å². The number of hydrogen-bond acceptors (Lipinski definition) is 4. The maximum atomic E-state index is 5.42. The van der Waals surface area contributed by atoms with Crippen LogP contribution >= 0.6 is 12.2 Å².